The number of aryl methyl sites for hydroxylation is 1. The average Bonchev–Trinajstić information content (AvgIpc) is 2.67. The van der Waals surface area contributed by atoms with Crippen molar-refractivity contribution in [1.29, 1.82) is 0 Å². The van der Waals surface area contributed by atoms with Gasteiger partial charge in [0, 0.05) is 23.1 Å². The van der Waals surface area contributed by atoms with Gasteiger partial charge in [0.2, 0.25) is 0 Å². The summed E-state index contributed by atoms with van der Waals surface area (Å²) in [5.74, 6) is 1.93. The largest absolute Gasteiger partial charge is 0.497 e. The first-order valence-corrected chi connectivity index (χ1v) is 10.2. The zero-order valence-corrected chi connectivity index (χ0v) is 18.3. The number of benzene rings is 2. The van der Waals surface area contributed by atoms with E-state index in [1.165, 1.54) is 0 Å². The van der Waals surface area contributed by atoms with Crippen molar-refractivity contribution in [3.05, 3.63) is 52.5 Å². The van der Waals surface area contributed by atoms with Crippen LogP contribution in [0.5, 0.6) is 17.2 Å². The molecule has 1 N–H and O–H groups in total. The predicted molar refractivity (Wildman–Crippen MR) is 114 cm³/mol. The first-order valence-electron chi connectivity index (χ1n) is 9.82. The van der Waals surface area contributed by atoms with Crippen LogP contribution in [0.4, 0.5) is 0 Å². The molecule has 0 fully saturated rings. The number of nitrogens with one attached hydrogen (secondary N) is 1. The monoisotopic (exact) mass is 417 g/mol. The van der Waals surface area contributed by atoms with Crippen molar-refractivity contribution in [3.63, 3.8) is 0 Å². The summed E-state index contributed by atoms with van der Waals surface area (Å²) in [4.78, 5) is 13.0. The van der Waals surface area contributed by atoms with Crippen LogP contribution in [0.15, 0.2) is 36.4 Å². The molecular formula is C23H28ClNO4. The van der Waals surface area contributed by atoms with E-state index >= 15 is 0 Å². The molecule has 1 amide bonds. The number of carbonyl (C=O) groups is 1. The van der Waals surface area contributed by atoms with Crippen LogP contribution in [0.1, 0.15) is 50.8 Å². The number of ether oxygens (including phenoxy) is 3. The lowest BCUT2D eigenvalue weighted by atomic mass is 9.89. The Kier molecular flexibility index (Phi) is 6.27. The number of carbonyl (C=O) groups excluding carboxylic acids is 1. The summed E-state index contributed by atoms with van der Waals surface area (Å²) in [6.45, 7) is 7.86. The van der Waals surface area contributed by atoms with Gasteiger partial charge in [-0.15, -0.1) is 0 Å². The van der Waals surface area contributed by atoms with E-state index in [9.17, 15) is 4.79 Å². The Balaban J connectivity index is 1.78. The van der Waals surface area contributed by atoms with Gasteiger partial charge < -0.3 is 19.5 Å². The van der Waals surface area contributed by atoms with Gasteiger partial charge in [-0.2, -0.15) is 0 Å². The molecule has 0 spiro atoms. The lowest BCUT2D eigenvalue weighted by Gasteiger charge is -2.38. The van der Waals surface area contributed by atoms with Crippen LogP contribution in [-0.2, 0) is 4.79 Å². The molecule has 1 aliphatic heterocycles. The summed E-state index contributed by atoms with van der Waals surface area (Å²) in [5.41, 5.74) is 1.44. The highest BCUT2D eigenvalue weighted by molar-refractivity contribution is 6.31. The molecule has 0 aliphatic carbocycles. The van der Waals surface area contributed by atoms with E-state index in [-0.39, 0.29) is 11.9 Å². The summed E-state index contributed by atoms with van der Waals surface area (Å²) in [5, 5.41) is 3.83. The fourth-order valence-corrected chi connectivity index (χ4v) is 3.65. The molecule has 1 heterocycles. The summed E-state index contributed by atoms with van der Waals surface area (Å²) in [6, 6.07) is 10.9. The molecule has 2 atom stereocenters. The Bertz CT molecular complexity index is 896. The fraction of sp³-hybridized carbons (Fsp3) is 0.435. The molecule has 0 saturated carbocycles. The third-order valence-corrected chi connectivity index (χ3v) is 5.49. The van der Waals surface area contributed by atoms with Crippen LogP contribution in [0, 0.1) is 6.92 Å². The number of methoxy groups -OCH3 is 1. The van der Waals surface area contributed by atoms with Crippen LogP contribution in [0.25, 0.3) is 0 Å². The molecule has 2 aromatic carbocycles. The van der Waals surface area contributed by atoms with Crippen LogP contribution < -0.4 is 19.5 Å². The lowest BCUT2D eigenvalue weighted by Crippen LogP contribution is -2.45. The normalized spacial score (nSPS) is 18.2. The topological polar surface area (TPSA) is 56.8 Å². The van der Waals surface area contributed by atoms with Crippen LogP contribution in [-0.4, -0.2) is 24.7 Å². The van der Waals surface area contributed by atoms with Crippen molar-refractivity contribution in [2.75, 3.05) is 7.11 Å². The van der Waals surface area contributed by atoms with Crippen LogP contribution >= 0.6 is 11.6 Å². The van der Waals surface area contributed by atoms with Gasteiger partial charge in [0.1, 0.15) is 22.8 Å². The molecule has 1 aliphatic rings. The van der Waals surface area contributed by atoms with Gasteiger partial charge in [-0.25, -0.2) is 0 Å². The molecule has 6 heteroatoms. The van der Waals surface area contributed by atoms with E-state index in [0.717, 1.165) is 22.6 Å². The summed E-state index contributed by atoms with van der Waals surface area (Å²) in [6.07, 6.45) is 0.618. The highest BCUT2D eigenvalue weighted by atomic mass is 35.5. The second-order valence-corrected chi connectivity index (χ2v) is 8.36. The summed E-state index contributed by atoms with van der Waals surface area (Å²) < 4.78 is 17.4. The highest BCUT2D eigenvalue weighted by Gasteiger charge is 2.36. The number of hydrogen-bond acceptors (Lipinski definition) is 4. The average molecular weight is 418 g/mol. The maximum absolute atomic E-state index is 13.0. The van der Waals surface area contributed by atoms with Gasteiger partial charge in [0.15, 0.2) is 6.10 Å². The van der Waals surface area contributed by atoms with Crippen molar-refractivity contribution >= 4 is 17.5 Å². The van der Waals surface area contributed by atoms with Gasteiger partial charge in [0.05, 0.1) is 13.2 Å². The van der Waals surface area contributed by atoms with Gasteiger partial charge >= 0.3 is 0 Å². The van der Waals surface area contributed by atoms with Crippen LogP contribution in [0.3, 0.4) is 0 Å². The SMILES string of the molecule is CC[C@H](Oc1ccc(Cl)c(C)c1)C(=O)N[C@H]1CC(C)(C)Oc2cc(OC)ccc21. The van der Waals surface area contributed by atoms with Crippen LogP contribution in [0.2, 0.25) is 5.02 Å². The Labute approximate surface area is 177 Å². The van der Waals surface area contributed by atoms with Crippen molar-refractivity contribution in [2.45, 2.75) is 58.3 Å². The van der Waals surface area contributed by atoms with Crippen molar-refractivity contribution < 1.29 is 19.0 Å². The Morgan fingerprint density at radius 2 is 2.00 bits per heavy atom. The van der Waals surface area contributed by atoms with E-state index in [4.69, 9.17) is 25.8 Å². The number of fused-ring (bicyclic) bond motifs is 1. The number of halogens is 1. The Morgan fingerprint density at radius 3 is 2.66 bits per heavy atom. The zero-order chi connectivity index (χ0) is 21.2. The smallest absolute Gasteiger partial charge is 0.261 e. The molecule has 0 radical (unpaired) electrons. The van der Waals surface area contributed by atoms with Gasteiger partial charge in [-0.3, -0.25) is 4.79 Å². The quantitative estimate of drug-likeness (QED) is 0.698. The molecule has 0 aromatic heterocycles. The van der Waals surface area contributed by atoms with E-state index in [0.29, 0.717) is 23.6 Å². The molecule has 0 bridgehead atoms. The Hall–Kier alpha value is -2.40. The molecule has 29 heavy (non-hydrogen) atoms. The number of rotatable bonds is 6. The standard InChI is InChI=1S/C23H28ClNO4/c1-6-20(28-16-8-10-18(24)14(2)11-16)22(26)25-19-13-23(3,4)29-21-12-15(27-5)7-9-17(19)21/h7-12,19-20H,6,13H2,1-5H3,(H,25,26)/t19-,20-/m0/s1. The van der Waals surface area contributed by atoms with E-state index in [1.54, 1.807) is 19.2 Å². The van der Waals surface area contributed by atoms with Gasteiger partial charge in [0.25, 0.3) is 5.91 Å². The van der Waals surface area contributed by atoms with E-state index in [2.05, 4.69) is 5.32 Å². The molecule has 3 rings (SSSR count). The minimum absolute atomic E-state index is 0.149. The summed E-state index contributed by atoms with van der Waals surface area (Å²) >= 11 is 6.08. The predicted octanol–water partition coefficient (Wildman–Crippen LogP) is 5.23. The molecular weight excluding hydrogens is 390 g/mol. The number of amides is 1. The number of hydrogen-bond donors (Lipinski definition) is 1. The fourth-order valence-electron chi connectivity index (χ4n) is 3.53. The maximum atomic E-state index is 13.0. The maximum Gasteiger partial charge on any atom is 0.261 e. The first-order chi connectivity index (χ1) is 13.7. The van der Waals surface area contributed by atoms with Gasteiger partial charge in [-0.05, 0) is 63.1 Å². The molecule has 0 saturated heterocycles. The lowest BCUT2D eigenvalue weighted by molar-refractivity contribution is -0.129. The van der Waals surface area contributed by atoms with Crippen molar-refractivity contribution in [1.82, 2.24) is 5.32 Å². The Morgan fingerprint density at radius 1 is 1.28 bits per heavy atom. The van der Waals surface area contributed by atoms with Gasteiger partial charge in [-0.1, -0.05) is 18.5 Å². The molecule has 0 unspecified atom stereocenters. The molecule has 2 aromatic rings. The summed E-state index contributed by atoms with van der Waals surface area (Å²) in [7, 11) is 1.62. The zero-order valence-electron chi connectivity index (χ0n) is 17.5. The van der Waals surface area contributed by atoms with Crippen molar-refractivity contribution in [3.8, 4) is 17.2 Å². The third kappa shape index (κ3) is 4.96. The minimum Gasteiger partial charge on any atom is -0.497 e. The second kappa shape index (κ2) is 8.54. The molecule has 156 valence electrons. The van der Waals surface area contributed by atoms with E-state index in [1.807, 2.05) is 52.0 Å². The minimum atomic E-state index is -0.594. The second-order valence-electron chi connectivity index (χ2n) is 7.96. The highest BCUT2D eigenvalue weighted by Crippen LogP contribution is 2.41. The van der Waals surface area contributed by atoms with Crippen molar-refractivity contribution in [2.24, 2.45) is 0 Å². The van der Waals surface area contributed by atoms with E-state index < -0.39 is 11.7 Å². The molecule has 5 nitrogen and oxygen atoms in total. The first kappa shape index (κ1) is 21.3. The third-order valence-electron chi connectivity index (χ3n) is 5.07.